The van der Waals surface area contributed by atoms with E-state index in [1.807, 2.05) is 5.32 Å². The van der Waals surface area contributed by atoms with Gasteiger partial charge in [0.15, 0.2) is 0 Å². The van der Waals surface area contributed by atoms with Crippen molar-refractivity contribution < 1.29 is 19.5 Å². The van der Waals surface area contributed by atoms with Crippen LogP contribution in [0.25, 0.3) is 5.53 Å². The number of hydrogen-bond acceptors (Lipinski definition) is 3. The number of aliphatic hydroxyl groups is 1. The van der Waals surface area contributed by atoms with E-state index in [1.54, 1.807) is 0 Å². The molecule has 0 unspecified atom stereocenters. The minimum Gasteiger partial charge on any atom is -0.400 e. The highest BCUT2D eigenvalue weighted by molar-refractivity contribution is 6.41. The third-order valence-electron chi connectivity index (χ3n) is 1.03. The van der Waals surface area contributed by atoms with Gasteiger partial charge in [-0.15, -0.1) is 0 Å². The predicted molar refractivity (Wildman–Crippen MR) is 38.3 cm³/mol. The molecule has 0 atom stereocenters. The standard InChI is InChI=1S/C4H4N4O2.CH4O/c5-8-2-1-6-4(10)7-3(2)9;1-2/h1H2,(H2,6,7,9,10);2H,1H3. The van der Waals surface area contributed by atoms with Gasteiger partial charge in [0.05, 0.1) is 0 Å². The predicted octanol–water partition coefficient (Wildman–Crippen LogP) is -1.89. The second-order valence-corrected chi connectivity index (χ2v) is 1.68. The van der Waals surface area contributed by atoms with E-state index in [4.69, 9.17) is 10.6 Å². The van der Waals surface area contributed by atoms with Crippen LogP contribution in [0.5, 0.6) is 0 Å². The number of urea groups is 1. The van der Waals surface area contributed by atoms with Crippen LogP contribution in [0.3, 0.4) is 0 Å². The minimum atomic E-state index is -0.661. The second-order valence-electron chi connectivity index (χ2n) is 1.68. The molecule has 1 heterocycles. The van der Waals surface area contributed by atoms with Gasteiger partial charge >= 0.3 is 17.6 Å². The molecule has 12 heavy (non-hydrogen) atoms. The van der Waals surface area contributed by atoms with E-state index in [0.717, 1.165) is 7.11 Å². The Bertz CT molecular complexity index is 243. The first-order chi connectivity index (χ1) is 5.74. The maximum absolute atomic E-state index is 10.6. The number of hydrogen-bond donors (Lipinski definition) is 3. The Kier molecular flexibility index (Phi) is 4.28. The third kappa shape index (κ3) is 2.49. The Morgan fingerprint density at radius 1 is 1.50 bits per heavy atom. The largest absolute Gasteiger partial charge is 0.400 e. The van der Waals surface area contributed by atoms with Crippen LogP contribution in [0.4, 0.5) is 4.79 Å². The zero-order chi connectivity index (χ0) is 9.56. The molecule has 0 bridgehead atoms. The van der Waals surface area contributed by atoms with Crippen LogP contribution < -0.4 is 10.6 Å². The van der Waals surface area contributed by atoms with Gasteiger partial charge in [-0.1, -0.05) is 0 Å². The highest BCUT2D eigenvalue weighted by Gasteiger charge is 2.27. The molecule has 3 amide bonds. The maximum Gasteiger partial charge on any atom is 0.375 e. The average molecular weight is 172 g/mol. The fraction of sp³-hybridized carbons (Fsp3) is 0.400. The highest BCUT2D eigenvalue weighted by Crippen LogP contribution is 1.79. The van der Waals surface area contributed by atoms with Crippen molar-refractivity contribution in [1.29, 1.82) is 0 Å². The lowest BCUT2D eigenvalue weighted by atomic mass is 10.3. The van der Waals surface area contributed by atoms with Gasteiger partial charge in [0.25, 0.3) is 0 Å². The smallest absolute Gasteiger partial charge is 0.375 e. The lowest BCUT2D eigenvalue weighted by molar-refractivity contribution is -0.118. The fourth-order valence-corrected chi connectivity index (χ4v) is 0.545. The SMILES string of the molecule is CO.[N-]=[N+]=C1CNC(=O)NC1=O. The number of amides is 3. The highest BCUT2D eigenvalue weighted by atomic mass is 16.2. The lowest BCUT2D eigenvalue weighted by Crippen LogP contribution is -2.53. The van der Waals surface area contributed by atoms with Crippen LogP contribution >= 0.6 is 0 Å². The van der Waals surface area contributed by atoms with Gasteiger partial charge < -0.3 is 16.0 Å². The number of aliphatic hydroxyl groups excluding tert-OH is 1. The number of carbonyl (C=O) groups is 2. The minimum absolute atomic E-state index is 0.0266. The van der Waals surface area contributed by atoms with Gasteiger partial charge in [-0.2, -0.15) is 4.79 Å². The molecule has 1 fully saturated rings. The zero-order valence-corrected chi connectivity index (χ0v) is 6.37. The number of nitrogens with zero attached hydrogens (tertiary/aromatic N) is 2. The quantitative estimate of drug-likeness (QED) is 0.293. The van der Waals surface area contributed by atoms with Crippen molar-refractivity contribution in [2.75, 3.05) is 13.7 Å². The Morgan fingerprint density at radius 2 is 2.08 bits per heavy atom. The molecular formula is C5H8N4O3. The van der Waals surface area contributed by atoms with Crippen molar-refractivity contribution in [1.82, 2.24) is 10.6 Å². The summed E-state index contributed by atoms with van der Waals surface area (Å²) in [5.74, 6) is -0.661. The summed E-state index contributed by atoms with van der Waals surface area (Å²) in [5, 5.41) is 11.2. The zero-order valence-electron chi connectivity index (χ0n) is 6.37. The summed E-state index contributed by atoms with van der Waals surface area (Å²) in [5.41, 5.74) is 8.03. The molecule has 1 rings (SSSR count). The Balaban J connectivity index is 0.000000561. The molecule has 7 heteroatoms. The van der Waals surface area contributed by atoms with Crippen molar-refractivity contribution in [3.63, 3.8) is 0 Å². The van der Waals surface area contributed by atoms with Gasteiger partial charge in [-0.3, -0.25) is 10.1 Å². The van der Waals surface area contributed by atoms with Crippen molar-refractivity contribution in [3.05, 3.63) is 5.53 Å². The molecule has 0 saturated carbocycles. The van der Waals surface area contributed by atoms with Crippen molar-refractivity contribution in [2.24, 2.45) is 0 Å². The van der Waals surface area contributed by atoms with Crippen molar-refractivity contribution in [3.8, 4) is 0 Å². The summed E-state index contributed by atoms with van der Waals surface area (Å²) >= 11 is 0. The van der Waals surface area contributed by atoms with Crippen LogP contribution in [0.1, 0.15) is 0 Å². The number of nitrogens with one attached hydrogen (secondary N) is 2. The molecule has 7 nitrogen and oxygen atoms in total. The van der Waals surface area contributed by atoms with Crippen LogP contribution in [0.2, 0.25) is 0 Å². The van der Waals surface area contributed by atoms with Crippen molar-refractivity contribution >= 4 is 17.6 Å². The molecule has 0 radical (unpaired) electrons. The van der Waals surface area contributed by atoms with Crippen LogP contribution in [0.15, 0.2) is 0 Å². The van der Waals surface area contributed by atoms with Gasteiger partial charge in [0, 0.05) is 7.11 Å². The van der Waals surface area contributed by atoms with Gasteiger partial charge in [-0.25, -0.2) is 4.79 Å². The van der Waals surface area contributed by atoms with E-state index in [-0.39, 0.29) is 12.3 Å². The van der Waals surface area contributed by atoms with Gasteiger partial charge in [0.1, 0.15) is 6.54 Å². The molecular weight excluding hydrogens is 164 g/mol. The Hall–Kier alpha value is -1.72. The average Bonchev–Trinajstić information content (AvgIpc) is 2.08. The summed E-state index contributed by atoms with van der Waals surface area (Å²) in [6.07, 6.45) is 0. The van der Waals surface area contributed by atoms with Gasteiger partial charge in [-0.05, 0) is 0 Å². The molecule has 0 aromatic rings. The number of carbonyl (C=O) groups excluding carboxylic acids is 2. The Morgan fingerprint density at radius 3 is 2.50 bits per heavy atom. The summed E-state index contributed by atoms with van der Waals surface area (Å²) in [6, 6.07) is -0.572. The van der Waals surface area contributed by atoms with E-state index in [0.29, 0.717) is 0 Å². The first-order valence-electron chi connectivity index (χ1n) is 2.99. The number of imide groups is 1. The molecule has 0 aromatic heterocycles. The maximum atomic E-state index is 10.6. The first-order valence-corrected chi connectivity index (χ1v) is 2.99. The lowest BCUT2D eigenvalue weighted by Gasteiger charge is -2.06. The third-order valence-corrected chi connectivity index (χ3v) is 1.03. The molecule has 0 aliphatic carbocycles. The fourth-order valence-electron chi connectivity index (χ4n) is 0.545. The molecule has 66 valence electrons. The molecule has 1 aliphatic heterocycles. The summed E-state index contributed by atoms with van der Waals surface area (Å²) in [7, 11) is 1.00. The summed E-state index contributed by atoms with van der Waals surface area (Å²) in [6.45, 7) is -0.0266. The van der Waals surface area contributed by atoms with E-state index in [9.17, 15) is 9.59 Å². The van der Waals surface area contributed by atoms with Crippen molar-refractivity contribution in [2.45, 2.75) is 0 Å². The Labute approximate surface area is 68.0 Å². The van der Waals surface area contributed by atoms with Gasteiger partial charge in [0.2, 0.25) is 0 Å². The van der Waals surface area contributed by atoms with E-state index >= 15 is 0 Å². The topological polar surface area (TPSA) is 115 Å². The monoisotopic (exact) mass is 172 g/mol. The van der Waals surface area contributed by atoms with Crippen LogP contribution in [0, 0.1) is 0 Å². The van der Waals surface area contributed by atoms with E-state index in [2.05, 4.69) is 10.1 Å². The molecule has 1 aliphatic rings. The first kappa shape index (κ1) is 10.3. The summed E-state index contributed by atoms with van der Waals surface area (Å²) < 4.78 is 0. The van der Waals surface area contributed by atoms with E-state index < -0.39 is 11.9 Å². The summed E-state index contributed by atoms with van der Waals surface area (Å²) in [4.78, 5) is 23.6. The second kappa shape index (κ2) is 5.00. The molecule has 0 spiro atoms. The molecule has 0 aromatic carbocycles. The van der Waals surface area contributed by atoms with Crippen LogP contribution in [-0.4, -0.2) is 41.2 Å². The van der Waals surface area contributed by atoms with Crippen LogP contribution in [-0.2, 0) is 4.79 Å². The van der Waals surface area contributed by atoms with E-state index in [1.165, 1.54) is 0 Å². The molecule has 3 N–H and O–H groups in total. The number of rotatable bonds is 0. The molecule has 1 saturated heterocycles. The normalized spacial score (nSPS) is 15.0.